The Labute approximate surface area is 137 Å². The fraction of sp³-hybridized carbons (Fsp3) is 0.533. The van der Waals surface area contributed by atoms with Crippen LogP contribution in [0, 0.1) is 6.92 Å². The normalized spacial score (nSPS) is 19.6. The number of likely N-dealkylation sites (tertiary alicyclic amines) is 1. The van der Waals surface area contributed by atoms with Crippen LogP contribution < -0.4 is 10.5 Å². The minimum absolute atomic E-state index is 0. The third-order valence-electron chi connectivity index (χ3n) is 3.56. The van der Waals surface area contributed by atoms with Crippen LogP contribution in [0.1, 0.15) is 25.3 Å². The number of aryl methyl sites for hydroxylation is 1. The summed E-state index contributed by atoms with van der Waals surface area (Å²) in [5.41, 5.74) is 6.84. The van der Waals surface area contributed by atoms with Gasteiger partial charge in [0.1, 0.15) is 5.75 Å². The highest BCUT2D eigenvalue weighted by atomic mass is 35.5. The topological polar surface area (TPSA) is 55.6 Å². The lowest BCUT2D eigenvalue weighted by Gasteiger charge is -2.32. The average Bonchev–Trinajstić information content (AvgIpc) is 2.42. The number of benzene rings is 1. The van der Waals surface area contributed by atoms with E-state index in [0.29, 0.717) is 17.3 Å². The summed E-state index contributed by atoms with van der Waals surface area (Å²) in [4.78, 5) is 14.1. The fourth-order valence-corrected chi connectivity index (χ4v) is 2.53. The van der Waals surface area contributed by atoms with Gasteiger partial charge in [0.25, 0.3) is 5.91 Å². The molecule has 1 heterocycles. The Bertz CT molecular complexity index is 497. The molecular formula is C15H22Cl2N2O2. The van der Waals surface area contributed by atoms with Gasteiger partial charge in [-0.2, -0.15) is 0 Å². The minimum Gasteiger partial charge on any atom is -0.481 e. The summed E-state index contributed by atoms with van der Waals surface area (Å²) in [6.07, 6.45) is 1.43. The maximum absolute atomic E-state index is 12.3. The summed E-state index contributed by atoms with van der Waals surface area (Å²) in [6, 6.07) is 5.48. The third kappa shape index (κ3) is 4.77. The summed E-state index contributed by atoms with van der Waals surface area (Å²) in [5.74, 6) is 0.654. The molecule has 1 aliphatic heterocycles. The van der Waals surface area contributed by atoms with Crippen molar-refractivity contribution in [2.75, 3.05) is 13.1 Å². The summed E-state index contributed by atoms with van der Waals surface area (Å²) < 4.78 is 5.71. The van der Waals surface area contributed by atoms with Crippen LogP contribution in [-0.4, -0.2) is 36.0 Å². The molecule has 1 fully saturated rings. The van der Waals surface area contributed by atoms with E-state index in [9.17, 15) is 4.79 Å². The largest absolute Gasteiger partial charge is 0.481 e. The first kappa shape index (κ1) is 18.1. The van der Waals surface area contributed by atoms with E-state index in [-0.39, 0.29) is 24.4 Å². The molecule has 2 atom stereocenters. The molecule has 1 amide bonds. The van der Waals surface area contributed by atoms with Gasteiger partial charge in [0.15, 0.2) is 6.10 Å². The number of amides is 1. The third-order valence-corrected chi connectivity index (χ3v) is 3.98. The van der Waals surface area contributed by atoms with Crippen LogP contribution in [0.5, 0.6) is 5.75 Å². The van der Waals surface area contributed by atoms with Gasteiger partial charge < -0.3 is 15.4 Å². The zero-order valence-corrected chi connectivity index (χ0v) is 13.9. The van der Waals surface area contributed by atoms with Crippen molar-refractivity contribution in [1.82, 2.24) is 4.90 Å². The highest BCUT2D eigenvalue weighted by Crippen LogP contribution is 2.22. The van der Waals surface area contributed by atoms with Crippen LogP contribution in [0.2, 0.25) is 5.02 Å². The lowest BCUT2D eigenvalue weighted by atomic mass is 10.1. The van der Waals surface area contributed by atoms with E-state index >= 15 is 0 Å². The number of carbonyl (C=O) groups is 1. The fourth-order valence-electron chi connectivity index (χ4n) is 2.41. The summed E-state index contributed by atoms with van der Waals surface area (Å²) in [7, 11) is 0. The monoisotopic (exact) mass is 332 g/mol. The molecule has 1 aliphatic rings. The molecule has 1 aromatic carbocycles. The van der Waals surface area contributed by atoms with Crippen LogP contribution in [0.3, 0.4) is 0 Å². The van der Waals surface area contributed by atoms with Crippen LogP contribution in [0.15, 0.2) is 18.2 Å². The summed E-state index contributed by atoms with van der Waals surface area (Å²) >= 11 is 5.97. The first-order valence-corrected chi connectivity index (χ1v) is 7.32. The van der Waals surface area contributed by atoms with Gasteiger partial charge in [-0.05, 0) is 50.5 Å². The van der Waals surface area contributed by atoms with E-state index in [2.05, 4.69) is 0 Å². The molecule has 1 aromatic rings. The molecule has 2 N–H and O–H groups in total. The number of hydrogen-bond acceptors (Lipinski definition) is 3. The van der Waals surface area contributed by atoms with Gasteiger partial charge in [-0.15, -0.1) is 12.4 Å². The Kier molecular flexibility index (Phi) is 6.78. The van der Waals surface area contributed by atoms with Crippen molar-refractivity contribution in [3.8, 4) is 5.75 Å². The van der Waals surface area contributed by atoms with E-state index in [1.165, 1.54) is 0 Å². The maximum atomic E-state index is 12.3. The summed E-state index contributed by atoms with van der Waals surface area (Å²) in [6.45, 7) is 5.06. The van der Waals surface area contributed by atoms with Gasteiger partial charge in [-0.25, -0.2) is 0 Å². The second kappa shape index (κ2) is 7.87. The van der Waals surface area contributed by atoms with Gasteiger partial charge in [0.05, 0.1) is 0 Å². The molecule has 0 spiro atoms. The van der Waals surface area contributed by atoms with Gasteiger partial charge in [-0.3, -0.25) is 4.79 Å². The highest BCUT2D eigenvalue weighted by Gasteiger charge is 2.26. The molecule has 21 heavy (non-hydrogen) atoms. The standard InChI is InChI=1S/C15H21ClN2O2.ClH/c1-10-8-13(5-6-14(10)16)20-11(2)15(19)18-7-3-4-12(17)9-18;/h5-6,8,11-12H,3-4,7,9,17H2,1-2H3;1H. The number of rotatable bonds is 3. The van der Waals surface area contributed by atoms with Gasteiger partial charge in [0, 0.05) is 24.2 Å². The Morgan fingerprint density at radius 2 is 2.24 bits per heavy atom. The van der Waals surface area contributed by atoms with Crippen molar-refractivity contribution >= 4 is 29.9 Å². The first-order chi connectivity index (χ1) is 9.47. The first-order valence-electron chi connectivity index (χ1n) is 6.94. The number of carbonyl (C=O) groups excluding carboxylic acids is 1. The smallest absolute Gasteiger partial charge is 0.263 e. The molecule has 2 rings (SSSR count). The number of halogens is 2. The quantitative estimate of drug-likeness (QED) is 0.925. The van der Waals surface area contributed by atoms with Crippen molar-refractivity contribution in [3.63, 3.8) is 0 Å². The molecule has 0 aliphatic carbocycles. The zero-order valence-electron chi connectivity index (χ0n) is 12.3. The predicted octanol–water partition coefficient (Wildman–Crippen LogP) is 2.79. The van der Waals surface area contributed by atoms with Crippen LogP contribution in [0.4, 0.5) is 0 Å². The lowest BCUT2D eigenvalue weighted by molar-refractivity contribution is -0.139. The number of nitrogens with zero attached hydrogens (tertiary/aromatic N) is 1. The highest BCUT2D eigenvalue weighted by molar-refractivity contribution is 6.31. The van der Waals surface area contributed by atoms with Crippen molar-refractivity contribution in [2.45, 2.75) is 38.8 Å². The van der Waals surface area contributed by atoms with E-state index in [4.69, 9.17) is 22.1 Å². The molecule has 0 radical (unpaired) electrons. The van der Waals surface area contributed by atoms with Gasteiger partial charge in [0.2, 0.25) is 0 Å². The molecule has 4 nitrogen and oxygen atoms in total. The van der Waals surface area contributed by atoms with Crippen LogP contribution >= 0.6 is 24.0 Å². The van der Waals surface area contributed by atoms with Crippen molar-refractivity contribution in [2.24, 2.45) is 5.73 Å². The van der Waals surface area contributed by atoms with E-state index < -0.39 is 6.10 Å². The molecule has 1 saturated heterocycles. The molecular weight excluding hydrogens is 311 g/mol. The number of hydrogen-bond donors (Lipinski definition) is 1. The maximum Gasteiger partial charge on any atom is 0.263 e. The van der Waals surface area contributed by atoms with Crippen LogP contribution in [0.25, 0.3) is 0 Å². The van der Waals surface area contributed by atoms with E-state index in [1.54, 1.807) is 24.0 Å². The Balaban J connectivity index is 0.00000220. The van der Waals surface area contributed by atoms with Crippen molar-refractivity contribution < 1.29 is 9.53 Å². The Hall–Kier alpha value is -0.970. The minimum atomic E-state index is -0.513. The zero-order chi connectivity index (χ0) is 14.7. The van der Waals surface area contributed by atoms with Gasteiger partial charge in [-0.1, -0.05) is 11.6 Å². The molecule has 2 unspecified atom stereocenters. The second-order valence-corrected chi connectivity index (χ2v) is 5.76. The molecule has 0 aromatic heterocycles. The van der Waals surface area contributed by atoms with Gasteiger partial charge >= 0.3 is 0 Å². The Morgan fingerprint density at radius 3 is 2.86 bits per heavy atom. The summed E-state index contributed by atoms with van der Waals surface area (Å²) in [5, 5.41) is 0.693. The number of nitrogens with two attached hydrogens (primary N) is 1. The van der Waals surface area contributed by atoms with E-state index in [1.807, 2.05) is 13.0 Å². The molecule has 0 bridgehead atoms. The van der Waals surface area contributed by atoms with Crippen LogP contribution in [-0.2, 0) is 4.79 Å². The van der Waals surface area contributed by atoms with E-state index in [0.717, 1.165) is 24.9 Å². The number of piperidine rings is 1. The second-order valence-electron chi connectivity index (χ2n) is 5.36. The van der Waals surface area contributed by atoms with Crippen molar-refractivity contribution in [3.05, 3.63) is 28.8 Å². The average molecular weight is 333 g/mol. The molecule has 6 heteroatoms. The predicted molar refractivity (Wildman–Crippen MR) is 87.3 cm³/mol. The Morgan fingerprint density at radius 1 is 1.52 bits per heavy atom. The number of ether oxygens (including phenoxy) is 1. The molecule has 0 saturated carbocycles. The molecule has 118 valence electrons. The lowest BCUT2D eigenvalue weighted by Crippen LogP contribution is -2.49. The van der Waals surface area contributed by atoms with Crippen molar-refractivity contribution in [1.29, 1.82) is 0 Å². The SMILES string of the molecule is Cc1cc(OC(C)C(=O)N2CCCC(N)C2)ccc1Cl.Cl.